The number of aryl methyl sites for hydroxylation is 1. The molecule has 0 unspecified atom stereocenters. The Morgan fingerprint density at radius 2 is 2.39 bits per heavy atom. The molecule has 0 radical (unpaired) electrons. The number of nitrogens with one attached hydrogen (secondary N) is 2. The van der Waals surface area contributed by atoms with E-state index in [2.05, 4.69) is 15.5 Å². The molecule has 1 saturated carbocycles. The minimum Gasteiger partial charge on any atom is -0.460 e. The average Bonchev–Trinajstić information content (AvgIpc) is 2.87. The summed E-state index contributed by atoms with van der Waals surface area (Å²) in [5.41, 5.74) is 1.12. The standard InChI is InChI=1S/C13H15N3O2/c1-8-2-5-12(18-8)10-6-11(16-15-10)13(17)14-7-9-3-4-9/h2,5-6,9H,3-4,7H2,1H3,(H,14,17)(H,15,16). The van der Waals surface area contributed by atoms with Gasteiger partial charge in [0.1, 0.15) is 11.5 Å². The van der Waals surface area contributed by atoms with Crippen LogP contribution in [0.15, 0.2) is 22.6 Å². The van der Waals surface area contributed by atoms with Crippen molar-refractivity contribution in [3.63, 3.8) is 0 Å². The van der Waals surface area contributed by atoms with Crippen LogP contribution in [0, 0.1) is 12.8 Å². The van der Waals surface area contributed by atoms with E-state index < -0.39 is 0 Å². The van der Waals surface area contributed by atoms with Gasteiger partial charge in [0.25, 0.3) is 5.91 Å². The van der Waals surface area contributed by atoms with Gasteiger partial charge in [0.15, 0.2) is 11.5 Å². The second-order valence-corrected chi connectivity index (χ2v) is 4.73. The molecule has 2 heterocycles. The Morgan fingerprint density at radius 1 is 1.56 bits per heavy atom. The van der Waals surface area contributed by atoms with Gasteiger partial charge < -0.3 is 9.73 Å². The minimum atomic E-state index is -0.132. The first-order valence-electron chi connectivity index (χ1n) is 6.13. The number of furan rings is 1. The number of hydrogen-bond acceptors (Lipinski definition) is 3. The Hall–Kier alpha value is -2.04. The number of aromatic nitrogens is 2. The van der Waals surface area contributed by atoms with E-state index in [-0.39, 0.29) is 5.91 Å². The van der Waals surface area contributed by atoms with Gasteiger partial charge in [-0.25, -0.2) is 0 Å². The zero-order chi connectivity index (χ0) is 12.5. The Kier molecular flexibility index (Phi) is 2.66. The molecular weight excluding hydrogens is 230 g/mol. The molecule has 18 heavy (non-hydrogen) atoms. The zero-order valence-corrected chi connectivity index (χ0v) is 10.2. The molecular formula is C13H15N3O2. The number of amides is 1. The molecule has 1 aliphatic carbocycles. The van der Waals surface area contributed by atoms with Gasteiger partial charge in [-0.3, -0.25) is 9.89 Å². The van der Waals surface area contributed by atoms with Gasteiger partial charge in [0.05, 0.1) is 0 Å². The molecule has 0 aliphatic heterocycles. The Morgan fingerprint density at radius 3 is 3.06 bits per heavy atom. The lowest BCUT2D eigenvalue weighted by Gasteiger charge is -1.99. The lowest BCUT2D eigenvalue weighted by molar-refractivity contribution is 0.0947. The number of nitrogens with zero attached hydrogens (tertiary/aromatic N) is 1. The Bertz CT molecular complexity index is 566. The van der Waals surface area contributed by atoms with Crippen LogP contribution in [0.5, 0.6) is 0 Å². The monoisotopic (exact) mass is 245 g/mol. The van der Waals surface area contributed by atoms with Gasteiger partial charge in [-0.1, -0.05) is 0 Å². The maximum Gasteiger partial charge on any atom is 0.271 e. The van der Waals surface area contributed by atoms with Crippen molar-refractivity contribution in [1.82, 2.24) is 15.5 Å². The van der Waals surface area contributed by atoms with Crippen LogP contribution >= 0.6 is 0 Å². The molecule has 5 heteroatoms. The fourth-order valence-electron chi connectivity index (χ4n) is 1.79. The molecule has 3 rings (SSSR count). The maximum absolute atomic E-state index is 11.8. The summed E-state index contributed by atoms with van der Waals surface area (Å²) in [5.74, 6) is 2.06. The summed E-state index contributed by atoms with van der Waals surface area (Å²) in [6, 6.07) is 5.44. The molecule has 5 nitrogen and oxygen atoms in total. The van der Waals surface area contributed by atoms with Crippen molar-refractivity contribution in [2.75, 3.05) is 6.54 Å². The minimum absolute atomic E-state index is 0.132. The number of rotatable bonds is 4. The predicted molar refractivity (Wildman–Crippen MR) is 66.1 cm³/mol. The van der Waals surface area contributed by atoms with Crippen LogP contribution in [0.3, 0.4) is 0 Å². The van der Waals surface area contributed by atoms with Gasteiger partial charge in [0.2, 0.25) is 0 Å². The van der Waals surface area contributed by atoms with Crippen LogP contribution in [-0.2, 0) is 0 Å². The van der Waals surface area contributed by atoms with Crippen LogP contribution < -0.4 is 5.32 Å². The summed E-state index contributed by atoms with van der Waals surface area (Å²) >= 11 is 0. The average molecular weight is 245 g/mol. The highest BCUT2D eigenvalue weighted by Gasteiger charge is 2.22. The highest BCUT2D eigenvalue weighted by molar-refractivity contribution is 5.93. The molecule has 0 spiro atoms. The summed E-state index contributed by atoms with van der Waals surface area (Å²) in [6.45, 7) is 2.63. The normalized spacial score (nSPS) is 14.7. The van der Waals surface area contributed by atoms with Gasteiger partial charge in [-0.2, -0.15) is 5.10 Å². The maximum atomic E-state index is 11.8. The Labute approximate surface area is 105 Å². The molecule has 1 aliphatic rings. The summed E-state index contributed by atoms with van der Waals surface area (Å²) in [4.78, 5) is 11.8. The second-order valence-electron chi connectivity index (χ2n) is 4.73. The van der Waals surface area contributed by atoms with E-state index >= 15 is 0 Å². The summed E-state index contributed by atoms with van der Waals surface area (Å²) in [5, 5.41) is 9.70. The Balaban J connectivity index is 1.70. The topological polar surface area (TPSA) is 70.9 Å². The van der Waals surface area contributed by atoms with Crippen LogP contribution in [-0.4, -0.2) is 22.6 Å². The van der Waals surface area contributed by atoms with Crippen molar-refractivity contribution in [3.8, 4) is 11.5 Å². The van der Waals surface area contributed by atoms with Crippen molar-refractivity contribution in [2.24, 2.45) is 5.92 Å². The molecule has 0 aromatic carbocycles. The van der Waals surface area contributed by atoms with E-state index in [1.54, 1.807) is 6.07 Å². The smallest absolute Gasteiger partial charge is 0.271 e. The van der Waals surface area contributed by atoms with Crippen molar-refractivity contribution in [2.45, 2.75) is 19.8 Å². The third-order valence-electron chi connectivity index (χ3n) is 3.06. The molecule has 0 saturated heterocycles. The molecule has 1 amide bonds. The largest absolute Gasteiger partial charge is 0.460 e. The highest BCUT2D eigenvalue weighted by atomic mass is 16.3. The molecule has 2 aromatic heterocycles. The van der Waals surface area contributed by atoms with Gasteiger partial charge in [-0.05, 0) is 37.8 Å². The second kappa shape index (κ2) is 4.33. The van der Waals surface area contributed by atoms with E-state index in [9.17, 15) is 4.79 Å². The van der Waals surface area contributed by atoms with Crippen molar-refractivity contribution in [1.29, 1.82) is 0 Å². The third-order valence-corrected chi connectivity index (χ3v) is 3.06. The van der Waals surface area contributed by atoms with Crippen LogP contribution in [0.1, 0.15) is 29.1 Å². The first-order chi connectivity index (χ1) is 8.72. The highest BCUT2D eigenvalue weighted by Crippen LogP contribution is 2.27. The summed E-state index contributed by atoms with van der Waals surface area (Å²) in [6.07, 6.45) is 2.44. The van der Waals surface area contributed by atoms with Crippen LogP contribution in [0.25, 0.3) is 11.5 Å². The zero-order valence-electron chi connectivity index (χ0n) is 10.2. The van der Waals surface area contributed by atoms with E-state index in [4.69, 9.17) is 4.42 Å². The lowest BCUT2D eigenvalue weighted by atomic mass is 10.3. The van der Waals surface area contributed by atoms with E-state index in [0.29, 0.717) is 17.4 Å². The predicted octanol–water partition coefficient (Wildman–Crippen LogP) is 2.12. The molecule has 2 aromatic rings. The fourth-order valence-corrected chi connectivity index (χ4v) is 1.79. The van der Waals surface area contributed by atoms with Gasteiger partial charge in [-0.15, -0.1) is 0 Å². The number of carbonyl (C=O) groups is 1. The summed E-state index contributed by atoms with van der Waals surface area (Å²) < 4.78 is 5.47. The lowest BCUT2D eigenvalue weighted by Crippen LogP contribution is -2.25. The first kappa shape index (κ1) is 11.1. The first-order valence-corrected chi connectivity index (χ1v) is 6.13. The molecule has 2 N–H and O–H groups in total. The molecule has 1 fully saturated rings. The number of hydrogen-bond donors (Lipinski definition) is 2. The molecule has 0 bridgehead atoms. The van der Waals surface area contributed by atoms with E-state index in [1.807, 2.05) is 19.1 Å². The quantitative estimate of drug-likeness (QED) is 0.866. The van der Waals surface area contributed by atoms with Gasteiger partial charge in [0, 0.05) is 12.6 Å². The van der Waals surface area contributed by atoms with Crippen LogP contribution in [0.4, 0.5) is 0 Å². The fraction of sp³-hybridized carbons (Fsp3) is 0.385. The van der Waals surface area contributed by atoms with E-state index in [1.165, 1.54) is 12.8 Å². The van der Waals surface area contributed by atoms with Crippen LogP contribution in [0.2, 0.25) is 0 Å². The number of carbonyl (C=O) groups excluding carboxylic acids is 1. The van der Waals surface area contributed by atoms with Crippen molar-refractivity contribution < 1.29 is 9.21 Å². The SMILES string of the molecule is Cc1ccc(-c2cc(C(=O)NCC3CC3)n[nH]2)o1. The number of H-pyrrole nitrogens is 1. The van der Waals surface area contributed by atoms with Crippen molar-refractivity contribution in [3.05, 3.63) is 29.7 Å². The third kappa shape index (κ3) is 2.30. The summed E-state index contributed by atoms with van der Waals surface area (Å²) in [7, 11) is 0. The molecule has 94 valence electrons. The number of aromatic amines is 1. The molecule has 0 atom stereocenters. The van der Waals surface area contributed by atoms with Crippen molar-refractivity contribution >= 4 is 5.91 Å². The van der Waals surface area contributed by atoms with E-state index in [0.717, 1.165) is 18.0 Å². The van der Waals surface area contributed by atoms with Gasteiger partial charge >= 0.3 is 0 Å².